The number of nitrogens with zero attached hydrogens (tertiary/aromatic N) is 2. The highest BCUT2D eigenvalue weighted by molar-refractivity contribution is 6.06. The minimum absolute atomic E-state index is 0.199. The molecule has 212 valence electrons. The first-order valence-electron chi connectivity index (χ1n) is 14.0. The molecule has 0 spiro atoms. The van der Waals surface area contributed by atoms with Crippen LogP contribution in [-0.4, -0.2) is 65.4 Å². The number of amides is 2. The lowest BCUT2D eigenvalue weighted by Gasteiger charge is -2.38. The Labute approximate surface area is 237 Å². The topological polar surface area (TPSA) is 83.1 Å². The van der Waals surface area contributed by atoms with Gasteiger partial charge >= 0.3 is 0 Å². The number of hydrogen-bond acceptors (Lipinski definition) is 6. The molecule has 1 aliphatic rings. The van der Waals surface area contributed by atoms with Crippen molar-refractivity contribution in [2.75, 3.05) is 68.7 Å². The summed E-state index contributed by atoms with van der Waals surface area (Å²) in [6, 6.07) is 21.3. The first kappa shape index (κ1) is 29.0. The molecule has 3 aromatic rings. The third-order valence-corrected chi connectivity index (χ3v) is 7.17. The lowest BCUT2D eigenvalue weighted by molar-refractivity contribution is 0.0936. The van der Waals surface area contributed by atoms with Gasteiger partial charge in [-0.15, -0.1) is 0 Å². The number of nitrogens with one attached hydrogen (secondary N) is 2. The van der Waals surface area contributed by atoms with Gasteiger partial charge in [-0.3, -0.25) is 9.59 Å². The van der Waals surface area contributed by atoms with Gasteiger partial charge in [-0.1, -0.05) is 37.6 Å². The molecular formula is C32H40N4O4. The molecule has 8 nitrogen and oxygen atoms in total. The van der Waals surface area contributed by atoms with E-state index in [1.165, 1.54) is 5.56 Å². The van der Waals surface area contributed by atoms with Crippen LogP contribution in [0.1, 0.15) is 46.0 Å². The van der Waals surface area contributed by atoms with Crippen molar-refractivity contribution in [3.8, 4) is 5.75 Å². The third kappa shape index (κ3) is 7.33. The summed E-state index contributed by atoms with van der Waals surface area (Å²) < 4.78 is 10.7. The van der Waals surface area contributed by atoms with Gasteiger partial charge in [-0.2, -0.15) is 0 Å². The second-order valence-corrected chi connectivity index (χ2v) is 9.88. The predicted molar refractivity (Wildman–Crippen MR) is 161 cm³/mol. The normalized spacial score (nSPS) is 13.2. The molecule has 0 saturated carbocycles. The molecule has 0 atom stereocenters. The fourth-order valence-electron chi connectivity index (χ4n) is 4.92. The van der Waals surface area contributed by atoms with Gasteiger partial charge in [0.05, 0.1) is 25.0 Å². The molecule has 1 fully saturated rings. The summed E-state index contributed by atoms with van der Waals surface area (Å²) in [7, 11) is 3.29. The number of rotatable bonds is 12. The molecule has 1 heterocycles. The molecule has 2 amide bonds. The molecule has 40 heavy (non-hydrogen) atoms. The first-order valence-corrected chi connectivity index (χ1v) is 14.0. The van der Waals surface area contributed by atoms with E-state index in [0.29, 0.717) is 30.0 Å². The van der Waals surface area contributed by atoms with E-state index in [2.05, 4.69) is 33.4 Å². The van der Waals surface area contributed by atoms with Crippen molar-refractivity contribution in [3.05, 3.63) is 83.4 Å². The summed E-state index contributed by atoms with van der Waals surface area (Å²) in [5, 5.41) is 5.90. The summed E-state index contributed by atoms with van der Waals surface area (Å²) >= 11 is 0. The maximum absolute atomic E-state index is 13.3. The Morgan fingerprint density at radius 2 is 1.55 bits per heavy atom. The summed E-state index contributed by atoms with van der Waals surface area (Å²) in [5.41, 5.74) is 4.82. The smallest absolute Gasteiger partial charge is 0.255 e. The molecule has 1 aliphatic heterocycles. The van der Waals surface area contributed by atoms with E-state index in [1.807, 2.05) is 54.6 Å². The molecule has 0 unspecified atom stereocenters. The first-order chi connectivity index (χ1) is 19.5. The van der Waals surface area contributed by atoms with Crippen LogP contribution in [-0.2, 0) is 11.2 Å². The number of para-hydroxylation sites is 2. The van der Waals surface area contributed by atoms with E-state index >= 15 is 0 Å². The third-order valence-electron chi connectivity index (χ3n) is 7.17. The van der Waals surface area contributed by atoms with E-state index in [-0.39, 0.29) is 11.8 Å². The predicted octanol–water partition coefficient (Wildman–Crippen LogP) is 4.99. The Bertz CT molecular complexity index is 1270. The van der Waals surface area contributed by atoms with Crippen molar-refractivity contribution in [2.24, 2.45) is 0 Å². The number of carbonyl (C=O) groups excluding carboxylic acids is 2. The highest BCUT2D eigenvalue weighted by Gasteiger charge is 2.24. The Morgan fingerprint density at radius 3 is 2.23 bits per heavy atom. The van der Waals surface area contributed by atoms with E-state index < -0.39 is 0 Å². The lowest BCUT2D eigenvalue weighted by atomic mass is 10.1. The number of anilines is 3. The molecule has 0 radical (unpaired) electrons. The van der Waals surface area contributed by atoms with E-state index in [1.54, 1.807) is 20.3 Å². The van der Waals surface area contributed by atoms with Crippen LogP contribution in [0.2, 0.25) is 0 Å². The maximum atomic E-state index is 13.3. The van der Waals surface area contributed by atoms with Gasteiger partial charge < -0.3 is 29.9 Å². The number of carbonyl (C=O) groups is 2. The van der Waals surface area contributed by atoms with Crippen LogP contribution in [0.3, 0.4) is 0 Å². The van der Waals surface area contributed by atoms with Gasteiger partial charge in [0.15, 0.2) is 0 Å². The average Bonchev–Trinajstić information content (AvgIpc) is 3.00. The minimum atomic E-state index is -0.203. The summed E-state index contributed by atoms with van der Waals surface area (Å²) in [5.74, 6) is 0.450. The van der Waals surface area contributed by atoms with Crippen LogP contribution in [0.15, 0.2) is 66.7 Å². The van der Waals surface area contributed by atoms with Crippen molar-refractivity contribution in [1.29, 1.82) is 0 Å². The van der Waals surface area contributed by atoms with Crippen molar-refractivity contribution in [3.63, 3.8) is 0 Å². The quantitative estimate of drug-likeness (QED) is 0.313. The molecule has 1 saturated heterocycles. The standard InChI is InChI=1S/C32H40N4O4/c1-4-5-8-24-11-13-25(14-12-24)31(37)34-26-15-16-28(27(23-26)32(38)33-17-22-39-2)35-18-20-36(21-19-35)29-9-6-7-10-30(29)40-3/h6-7,9-16,23H,4-5,8,17-22H2,1-3H3,(H,33,38)(H,34,37). The van der Waals surface area contributed by atoms with Crippen molar-refractivity contribution in [1.82, 2.24) is 5.32 Å². The molecular weight excluding hydrogens is 504 g/mol. The van der Waals surface area contributed by atoms with E-state index in [4.69, 9.17) is 9.47 Å². The van der Waals surface area contributed by atoms with Gasteiger partial charge in [-0.25, -0.2) is 0 Å². The van der Waals surface area contributed by atoms with Gasteiger partial charge in [-0.05, 0) is 60.9 Å². The largest absolute Gasteiger partial charge is 0.495 e. The molecule has 2 N–H and O–H groups in total. The van der Waals surface area contributed by atoms with E-state index in [9.17, 15) is 9.59 Å². The van der Waals surface area contributed by atoms with Crippen LogP contribution in [0.25, 0.3) is 0 Å². The minimum Gasteiger partial charge on any atom is -0.495 e. The average molecular weight is 545 g/mol. The van der Waals surface area contributed by atoms with Crippen LogP contribution >= 0.6 is 0 Å². The lowest BCUT2D eigenvalue weighted by Crippen LogP contribution is -2.47. The number of aryl methyl sites for hydroxylation is 1. The van der Waals surface area contributed by atoms with Gasteiger partial charge in [0, 0.05) is 56.8 Å². The number of piperazine rings is 1. The van der Waals surface area contributed by atoms with Gasteiger partial charge in [0.1, 0.15) is 5.75 Å². The molecule has 8 heteroatoms. The van der Waals surface area contributed by atoms with Crippen molar-refractivity contribution in [2.45, 2.75) is 26.2 Å². The Morgan fingerprint density at radius 1 is 0.850 bits per heavy atom. The second kappa shape index (κ2) is 14.4. The maximum Gasteiger partial charge on any atom is 0.255 e. The number of ether oxygens (including phenoxy) is 2. The molecule has 0 bridgehead atoms. The number of benzene rings is 3. The SMILES string of the molecule is CCCCc1ccc(C(=O)Nc2ccc(N3CCN(c4ccccc4OC)CC3)c(C(=O)NCCOC)c2)cc1. The number of hydrogen-bond donors (Lipinski definition) is 2. The fraction of sp³-hybridized carbons (Fsp3) is 0.375. The molecule has 0 aliphatic carbocycles. The summed E-state index contributed by atoms with van der Waals surface area (Å²) in [4.78, 5) is 30.8. The molecule has 3 aromatic carbocycles. The van der Waals surface area contributed by atoms with Crippen molar-refractivity contribution < 1.29 is 19.1 Å². The number of methoxy groups -OCH3 is 2. The summed E-state index contributed by atoms with van der Waals surface area (Å²) in [6.45, 7) is 6.05. The Kier molecular flexibility index (Phi) is 10.4. The zero-order chi connectivity index (χ0) is 28.3. The van der Waals surface area contributed by atoms with Gasteiger partial charge in [0.2, 0.25) is 0 Å². The Hall–Kier alpha value is -4.04. The molecule has 0 aromatic heterocycles. The highest BCUT2D eigenvalue weighted by atomic mass is 16.5. The summed E-state index contributed by atoms with van der Waals surface area (Å²) in [6.07, 6.45) is 3.27. The monoisotopic (exact) mass is 544 g/mol. The highest BCUT2D eigenvalue weighted by Crippen LogP contribution is 2.31. The van der Waals surface area contributed by atoms with Crippen LogP contribution in [0, 0.1) is 0 Å². The van der Waals surface area contributed by atoms with E-state index in [0.717, 1.165) is 62.6 Å². The van der Waals surface area contributed by atoms with Crippen LogP contribution in [0.4, 0.5) is 17.1 Å². The second-order valence-electron chi connectivity index (χ2n) is 9.88. The zero-order valence-electron chi connectivity index (χ0n) is 23.7. The van der Waals surface area contributed by atoms with Crippen LogP contribution in [0.5, 0.6) is 5.75 Å². The fourth-order valence-corrected chi connectivity index (χ4v) is 4.92. The Balaban J connectivity index is 1.50. The number of unbranched alkanes of at least 4 members (excludes halogenated alkanes) is 1. The zero-order valence-corrected chi connectivity index (χ0v) is 23.7. The van der Waals surface area contributed by atoms with Gasteiger partial charge in [0.25, 0.3) is 11.8 Å². The van der Waals surface area contributed by atoms with Crippen molar-refractivity contribution >= 4 is 28.9 Å². The molecule has 4 rings (SSSR count). The van der Waals surface area contributed by atoms with Crippen LogP contribution < -0.4 is 25.2 Å².